The van der Waals surface area contributed by atoms with Crippen LogP contribution in [0.5, 0.6) is 5.88 Å². The number of rotatable bonds is 1. The van der Waals surface area contributed by atoms with Gasteiger partial charge in [-0.05, 0) is 37.9 Å². The highest BCUT2D eigenvalue weighted by Crippen LogP contribution is 2.32. The smallest absolute Gasteiger partial charge is 0.394 e. The van der Waals surface area contributed by atoms with E-state index in [1.54, 1.807) is 0 Å². The number of nitrogen functional groups attached to an aromatic ring is 1. The maximum Gasteiger partial charge on any atom is 0.574 e. The molecule has 0 aliphatic heterocycles. The van der Waals surface area contributed by atoms with Crippen LogP contribution in [0.2, 0.25) is 0 Å². The van der Waals surface area contributed by atoms with Crippen LogP contribution in [-0.2, 0) is 0 Å². The van der Waals surface area contributed by atoms with E-state index in [-0.39, 0.29) is 10.3 Å². The van der Waals surface area contributed by atoms with Gasteiger partial charge in [0, 0.05) is 0 Å². The maximum atomic E-state index is 11.8. The zero-order valence-corrected chi connectivity index (χ0v) is 9.57. The quantitative estimate of drug-likeness (QED) is 0.802. The van der Waals surface area contributed by atoms with E-state index in [2.05, 4.69) is 41.6 Å². The molecule has 14 heavy (non-hydrogen) atoms. The molecular weight excluding hydrogens is 333 g/mol. The molecule has 0 fully saturated rings. The Bertz CT molecular complexity index is 356. The number of hydrogen-bond donors (Lipinski definition) is 1. The minimum absolute atomic E-state index is 0.186. The highest BCUT2D eigenvalue weighted by molar-refractivity contribution is 9.13. The summed E-state index contributed by atoms with van der Waals surface area (Å²) in [7, 11) is 0. The summed E-state index contributed by atoms with van der Waals surface area (Å²) in [6.07, 6.45) is -4.80. The molecule has 0 bridgehead atoms. The van der Waals surface area contributed by atoms with E-state index in [0.717, 1.165) is 0 Å². The van der Waals surface area contributed by atoms with Gasteiger partial charge in [-0.3, -0.25) is 0 Å². The van der Waals surface area contributed by atoms with Crippen LogP contribution in [0, 0.1) is 0 Å². The summed E-state index contributed by atoms with van der Waals surface area (Å²) in [5.74, 6) is -0.674. The fourth-order valence-electron chi connectivity index (χ4n) is 0.656. The summed E-state index contributed by atoms with van der Waals surface area (Å²) >= 11 is 5.96. The molecule has 0 amide bonds. The van der Waals surface area contributed by atoms with E-state index in [4.69, 9.17) is 5.73 Å². The van der Waals surface area contributed by atoms with Crippen LogP contribution < -0.4 is 10.5 Å². The van der Waals surface area contributed by atoms with Gasteiger partial charge in [0.2, 0.25) is 5.88 Å². The summed E-state index contributed by atoms with van der Waals surface area (Å²) in [6, 6.07) is 1.26. The normalized spacial score (nSPS) is 11.5. The van der Waals surface area contributed by atoms with Crippen molar-refractivity contribution in [3.63, 3.8) is 0 Å². The molecular formula is C6H3Br2F3N2O. The van der Waals surface area contributed by atoms with E-state index >= 15 is 0 Å². The lowest BCUT2D eigenvalue weighted by molar-refractivity contribution is -0.275. The van der Waals surface area contributed by atoms with Gasteiger partial charge in [-0.1, -0.05) is 0 Å². The Hall–Kier alpha value is -0.500. The minimum Gasteiger partial charge on any atom is -0.394 e. The third-order valence-corrected chi connectivity index (χ3v) is 2.88. The first-order valence-corrected chi connectivity index (χ1v) is 4.75. The van der Waals surface area contributed by atoms with Crippen LogP contribution in [0.1, 0.15) is 0 Å². The number of anilines is 1. The highest BCUT2D eigenvalue weighted by Gasteiger charge is 2.33. The second kappa shape index (κ2) is 3.93. The zero-order chi connectivity index (χ0) is 10.9. The molecule has 0 saturated heterocycles. The fourth-order valence-corrected chi connectivity index (χ4v) is 1.27. The second-order valence-electron chi connectivity index (χ2n) is 2.20. The Labute approximate surface area is 93.7 Å². The Balaban J connectivity index is 3.04. The van der Waals surface area contributed by atoms with Crippen LogP contribution in [0.4, 0.5) is 18.9 Å². The van der Waals surface area contributed by atoms with Gasteiger partial charge in [0.1, 0.15) is 4.60 Å². The van der Waals surface area contributed by atoms with Crippen molar-refractivity contribution in [2.45, 2.75) is 6.36 Å². The van der Waals surface area contributed by atoms with Crippen molar-refractivity contribution in [3.8, 4) is 5.88 Å². The van der Waals surface area contributed by atoms with Crippen molar-refractivity contribution in [1.82, 2.24) is 4.98 Å². The maximum absolute atomic E-state index is 11.8. The molecule has 0 spiro atoms. The van der Waals surface area contributed by atoms with Crippen LogP contribution in [0.15, 0.2) is 15.1 Å². The molecule has 1 aromatic rings. The van der Waals surface area contributed by atoms with Crippen molar-refractivity contribution in [3.05, 3.63) is 15.1 Å². The molecule has 78 valence electrons. The average molecular weight is 336 g/mol. The van der Waals surface area contributed by atoms with E-state index < -0.39 is 12.2 Å². The molecule has 1 aromatic heterocycles. The first-order chi connectivity index (χ1) is 6.29. The number of alkyl halides is 3. The highest BCUT2D eigenvalue weighted by atomic mass is 79.9. The molecule has 2 N–H and O–H groups in total. The number of hydrogen-bond acceptors (Lipinski definition) is 3. The van der Waals surface area contributed by atoms with Crippen molar-refractivity contribution in [2.24, 2.45) is 0 Å². The van der Waals surface area contributed by atoms with Gasteiger partial charge < -0.3 is 10.5 Å². The van der Waals surface area contributed by atoms with Crippen molar-refractivity contribution < 1.29 is 17.9 Å². The van der Waals surface area contributed by atoms with E-state index in [1.165, 1.54) is 6.07 Å². The van der Waals surface area contributed by atoms with Crippen molar-refractivity contribution in [2.75, 3.05) is 5.73 Å². The first-order valence-electron chi connectivity index (χ1n) is 3.17. The fraction of sp³-hybridized carbons (Fsp3) is 0.167. The molecule has 0 unspecified atom stereocenters. The van der Waals surface area contributed by atoms with E-state index in [1.807, 2.05) is 0 Å². The van der Waals surface area contributed by atoms with Gasteiger partial charge in [0.05, 0.1) is 10.2 Å². The van der Waals surface area contributed by atoms with Crippen LogP contribution in [-0.4, -0.2) is 11.3 Å². The summed E-state index contributed by atoms with van der Waals surface area (Å²) < 4.78 is 39.6. The zero-order valence-electron chi connectivity index (χ0n) is 6.40. The summed E-state index contributed by atoms with van der Waals surface area (Å²) in [5, 5.41) is 0. The van der Waals surface area contributed by atoms with Gasteiger partial charge >= 0.3 is 6.36 Å². The van der Waals surface area contributed by atoms with Crippen LogP contribution >= 0.6 is 31.9 Å². The standard InChI is InChI=1S/C6H3Br2F3N2O/c7-2-1-3(12)5(13-4(2)8)14-6(9,10)11/h1H,12H2. The molecule has 0 atom stereocenters. The number of pyridine rings is 1. The first kappa shape index (κ1) is 11.6. The van der Waals surface area contributed by atoms with Gasteiger partial charge in [-0.15, -0.1) is 13.2 Å². The Morgan fingerprint density at radius 3 is 2.43 bits per heavy atom. The Morgan fingerprint density at radius 1 is 1.36 bits per heavy atom. The van der Waals surface area contributed by atoms with E-state index in [0.29, 0.717) is 4.47 Å². The van der Waals surface area contributed by atoms with Crippen LogP contribution in [0.3, 0.4) is 0 Å². The molecule has 0 aliphatic carbocycles. The molecule has 1 heterocycles. The minimum atomic E-state index is -4.80. The van der Waals surface area contributed by atoms with Crippen LogP contribution in [0.25, 0.3) is 0 Å². The number of nitrogens with zero attached hydrogens (tertiary/aromatic N) is 1. The number of ether oxygens (including phenoxy) is 1. The lowest BCUT2D eigenvalue weighted by Gasteiger charge is -2.10. The summed E-state index contributed by atoms with van der Waals surface area (Å²) in [5.41, 5.74) is 5.06. The number of nitrogens with two attached hydrogens (primary N) is 1. The monoisotopic (exact) mass is 334 g/mol. The molecule has 0 aromatic carbocycles. The van der Waals surface area contributed by atoms with Gasteiger partial charge in [-0.25, -0.2) is 4.98 Å². The Morgan fingerprint density at radius 2 is 1.93 bits per heavy atom. The van der Waals surface area contributed by atoms with Gasteiger partial charge in [-0.2, -0.15) is 0 Å². The SMILES string of the molecule is Nc1cc(Br)c(Br)nc1OC(F)(F)F. The summed E-state index contributed by atoms with van der Waals surface area (Å²) in [4.78, 5) is 3.46. The lowest BCUT2D eigenvalue weighted by atomic mass is 10.4. The topological polar surface area (TPSA) is 48.1 Å². The van der Waals surface area contributed by atoms with Crippen molar-refractivity contribution in [1.29, 1.82) is 0 Å². The van der Waals surface area contributed by atoms with Gasteiger partial charge in [0.15, 0.2) is 0 Å². The number of halogens is 5. The lowest BCUT2D eigenvalue weighted by Crippen LogP contribution is -2.19. The third-order valence-electron chi connectivity index (χ3n) is 1.14. The molecule has 0 aliphatic rings. The van der Waals surface area contributed by atoms with E-state index in [9.17, 15) is 13.2 Å². The number of aromatic nitrogens is 1. The molecule has 8 heteroatoms. The van der Waals surface area contributed by atoms with Crippen molar-refractivity contribution >= 4 is 37.5 Å². The molecule has 0 saturated carbocycles. The third kappa shape index (κ3) is 3.02. The predicted octanol–water partition coefficient (Wildman–Crippen LogP) is 3.09. The Kier molecular flexibility index (Phi) is 3.25. The summed E-state index contributed by atoms with van der Waals surface area (Å²) in [6.45, 7) is 0. The predicted molar refractivity (Wildman–Crippen MR) is 50.7 cm³/mol. The van der Waals surface area contributed by atoms with Gasteiger partial charge in [0.25, 0.3) is 0 Å². The largest absolute Gasteiger partial charge is 0.574 e. The second-order valence-corrected chi connectivity index (χ2v) is 3.81. The molecule has 1 rings (SSSR count). The molecule has 0 radical (unpaired) electrons. The average Bonchev–Trinajstić information content (AvgIpc) is 1.97. The molecule has 3 nitrogen and oxygen atoms in total.